The van der Waals surface area contributed by atoms with Gasteiger partial charge < -0.3 is 15.2 Å². The third-order valence-electron chi connectivity index (χ3n) is 5.29. The lowest BCUT2D eigenvalue weighted by atomic mass is 9.99. The lowest BCUT2D eigenvalue weighted by Crippen LogP contribution is -2.54. The molecule has 4 heterocycles. The lowest BCUT2D eigenvalue weighted by molar-refractivity contribution is -0.125. The molecule has 0 unspecified atom stereocenters. The zero-order chi connectivity index (χ0) is 19.1. The second-order valence-electron chi connectivity index (χ2n) is 7.08. The predicted octanol–water partition coefficient (Wildman–Crippen LogP) is 1.03. The van der Waals surface area contributed by atoms with Crippen LogP contribution in [0.1, 0.15) is 5.56 Å². The molecule has 9 heteroatoms. The number of aromatic nitrogens is 6. The molecular weight excluding hydrogens is 356 g/mol. The van der Waals surface area contributed by atoms with Crippen molar-refractivity contribution in [2.24, 2.45) is 13.0 Å². The summed E-state index contributed by atoms with van der Waals surface area (Å²) in [5, 5.41) is 12.4. The molecule has 2 N–H and O–H groups in total. The van der Waals surface area contributed by atoms with E-state index in [0.717, 1.165) is 17.8 Å². The maximum atomic E-state index is 12.5. The van der Waals surface area contributed by atoms with E-state index in [4.69, 9.17) is 0 Å². The highest BCUT2D eigenvalue weighted by Crippen LogP contribution is 2.27. The van der Waals surface area contributed by atoms with E-state index >= 15 is 0 Å². The third kappa shape index (κ3) is 2.75. The Morgan fingerprint density at radius 3 is 3.04 bits per heavy atom. The molecule has 142 valence electrons. The molecule has 0 bridgehead atoms. The lowest BCUT2D eigenvalue weighted by Gasteiger charge is -2.38. The highest BCUT2D eigenvalue weighted by molar-refractivity contribution is 5.87. The summed E-state index contributed by atoms with van der Waals surface area (Å²) >= 11 is 0. The Bertz CT molecular complexity index is 1160. The molecule has 1 aliphatic rings. The number of benzene rings is 1. The molecular formula is C19H20N8O. The van der Waals surface area contributed by atoms with Gasteiger partial charge in [-0.3, -0.25) is 4.79 Å². The predicted molar refractivity (Wildman–Crippen MR) is 105 cm³/mol. The number of nitrogens with zero attached hydrogens (tertiary/aromatic N) is 6. The second-order valence-corrected chi connectivity index (χ2v) is 7.08. The molecule has 1 aliphatic heterocycles. The van der Waals surface area contributed by atoms with Gasteiger partial charge in [0, 0.05) is 43.8 Å². The average Bonchev–Trinajstić information content (AvgIpc) is 3.25. The Hall–Kier alpha value is -3.49. The molecule has 0 saturated carbocycles. The summed E-state index contributed by atoms with van der Waals surface area (Å²) in [5.41, 5.74) is 3.70. The monoisotopic (exact) mass is 376 g/mol. The van der Waals surface area contributed by atoms with Gasteiger partial charge in [0.2, 0.25) is 5.91 Å². The molecule has 0 radical (unpaired) electrons. The molecule has 0 spiro atoms. The van der Waals surface area contributed by atoms with Crippen LogP contribution in [0.4, 0.5) is 5.82 Å². The number of anilines is 1. The molecule has 28 heavy (non-hydrogen) atoms. The first kappa shape index (κ1) is 16.7. The molecule has 1 fully saturated rings. The quantitative estimate of drug-likeness (QED) is 0.539. The van der Waals surface area contributed by atoms with E-state index in [1.54, 1.807) is 11.7 Å². The first-order valence-corrected chi connectivity index (χ1v) is 9.29. The highest BCUT2D eigenvalue weighted by atomic mass is 16.2. The van der Waals surface area contributed by atoms with Gasteiger partial charge in [0.05, 0.1) is 5.92 Å². The van der Waals surface area contributed by atoms with E-state index in [2.05, 4.69) is 42.7 Å². The Morgan fingerprint density at radius 1 is 1.29 bits per heavy atom. The summed E-state index contributed by atoms with van der Waals surface area (Å²) < 4.78 is 1.62. The van der Waals surface area contributed by atoms with Gasteiger partial charge in [-0.15, -0.1) is 5.10 Å². The molecule has 1 aromatic carbocycles. The van der Waals surface area contributed by atoms with Gasteiger partial charge in [0.15, 0.2) is 17.0 Å². The molecule has 4 aromatic rings. The van der Waals surface area contributed by atoms with Crippen molar-refractivity contribution in [1.82, 2.24) is 35.3 Å². The van der Waals surface area contributed by atoms with E-state index in [-0.39, 0.29) is 11.8 Å². The largest absolute Gasteiger partial charge is 0.361 e. The van der Waals surface area contributed by atoms with Crippen LogP contribution < -0.4 is 10.2 Å². The van der Waals surface area contributed by atoms with Gasteiger partial charge >= 0.3 is 0 Å². The van der Waals surface area contributed by atoms with Crippen molar-refractivity contribution in [2.45, 2.75) is 6.42 Å². The van der Waals surface area contributed by atoms with Gasteiger partial charge in [-0.2, -0.15) is 0 Å². The SMILES string of the molecule is Cn1nnc2c(N3CC(C(=O)NCCc4c[nH]c5ccccc45)C3)ncnc21. The van der Waals surface area contributed by atoms with Crippen LogP contribution in [0, 0.1) is 5.92 Å². The van der Waals surface area contributed by atoms with Crippen LogP contribution in [0.5, 0.6) is 0 Å². The zero-order valence-corrected chi connectivity index (χ0v) is 15.5. The number of para-hydroxylation sites is 1. The van der Waals surface area contributed by atoms with E-state index in [9.17, 15) is 4.79 Å². The number of H-pyrrole nitrogens is 1. The zero-order valence-electron chi connectivity index (χ0n) is 15.5. The average molecular weight is 376 g/mol. The molecule has 0 atom stereocenters. The number of rotatable bonds is 5. The summed E-state index contributed by atoms with van der Waals surface area (Å²) in [4.78, 5) is 26.3. The molecule has 0 aliphatic carbocycles. The van der Waals surface area contributed by atoms with E-state index in [0.29, 0.717) is 30.8 Å². The first-order valence-electron chi connectivity index (χ1n) is 9.29. The van der Waals surface area contributed by atoms with Crippen LogP contribution >= 0.6 is 0 Å². The van der Waals surface area contributed by atoms with Crippen LogP contribution in [-0.2, 0) is 18.3 Å². The second kappa shape index (κ2) is 6.59. The van der Waals surface area contributed by atoms with Crippen LogP contribution in [0.2, 0.25) is 0 Å². The molecule has 1 saturated heterocycles. The van der Waals surface area contributed by atoms with Gasteiger partial charge in [0.25, 0.3) is 0 Å². The fraction of sp³-hybridized carbons (Fsp3) is 0.316. The molecule has 3 aromatic heterocycles. The number of carbonyl (C=O) groups excluding carboxylic acids is 1. The van der Waals surface area contributed by atoms with E-state index < -0.39 is 0 Å². The van der Waals surface area contributed by atoms with Crippen LogP contribution in [0.25, 0.3) is 22.1 Å². The first-order chi connectivity index (χ1) is 13.7. The summed E-state index contributed by atoms with van der Waals surface area (Å²) in [7, 11) is 1.80. The number of carbonyl (C=O) groups is 1. The smallest absolute Gasteiger partial charge is 0.226 e. The van der Waals surface area contributed by atoms with Crippen molar-refractivity contribution in [1.29, 1.82) is 0 Å². The molecule has 1 amide bonds. The van der Waals surface area contributed by atoms with Gasteiger partial charge in [-0.25, -0.2) is 14.6 Å². The van der Waals surface area contributed by atoms with Crippen LogP contribution in [-0.4, -0.2) is 55.5 Å². The Balaban J connectivity index is 1.17. The number of nitrogens with one attached hydrogen (secondary N) is 2. The standard InChI is InChI=1S/C19H20N8O/c1-26-17-16(24-25-26)18(23-11-22-17)27-9-13(10-27)19(28)20-7-6-12-8-21-15-5-3-2-4-14(12)15/h2-5,8,11,13,21H,6-7,9-10H2,1H3,(H,20,28). The maximum absolute atomic E-state index is 12.5. The highest BCUT2D eigenvalue weighted by Gasteiger charge is 2.34. The Labute approximate surface area is 160 Å². The topological polar surface area (TPSA) is 105 Å². The van der Waals surface area contributed by atoms with E-state index in [1.807, 2.05) is 23.2 Å². The number of hydrogen-bond donors (Lipinski definition) is 2. The van der Waals surface area contributed by atoms with Crippen molar-refractivity contribution in [3.8, 4) is 0 Å². The number of aromatic amines is 1. The Morgan fingerprint density at radius 2 is 2.14 bits per heavy atom. The number of aryl methyl sites for hydroxylation is 1. The molecule has 5 rings (SSSR count). The van der Waals surface area contributed by atoms with Gasteiger partial charge in [-0.05, 0) is 18.1 Å². The fourth-order valence-electron chi connectivity index (χ4n) is 3.69. The number of fused-ring (bicyclic) bond motifs is 2. The van der Waals surface area contributed by atoms with Crippen molar-refractivity contribution in [3.63, 3.8) is 0 Å². The number of hydrogen-bond acceptors (Lipinski definition) is 6. The maximum Gasteiger partial charge on any atom is 0.226 e. The summed E-state index contributed by atoms with van der Waals surface area (Å²) in [6, 6.07) is 8.20. The van der Waals surface area contributed by atoms with Crippen molar-refractivity contribution >= 4 is 33.8 Å². The van der Waals surface area contributed by atoms with Crippen molar-refractivity contribution in [2.75, 3.05) is 24.5 Å². The van der Waals surface area contributed by atoms with Gasteiger partial charge in [0.1, 0.15) is 6.33 Å². The minimum absolute atomic E-state index is 0.0374. The number of amides is 1. The normalized spacial score (nSPS) is 14.5. The van der Waals surface area contributed by atoms with Crippen LogP contribution in [0.3, 0.4) is 0 Å². The van der Waals surface area contributed by atoms with Crippen molar-refractivity contribution in [3.05, 3.63) is 42.4 Å². The Kier molecular flexibility index (Phi) is 3.92. The minimum Gasteiger partial charge on any atom is -0.361 e. The summed E-state index contributed by atoms with van der Waals surface area (Å²) in [6.07, 6.45) is 4.33. The van der Waals surface area contributed by atoms with E-state index in [1.165, 1.54) is 17.3 Å². The molecule has 9 nitrogen and oxygen atoms in total. The van der Waals surface area contributed by atoms with Gasteiger partial charge in [-0.1, -0.05) is 23.4 Å². The summed E-state index contributed by atoms with van der Waals surface area (Å²) in [6.45, 7) is 1.88. The third-order valence-corrected chi connectivity index (χ3v) is 5.29. The fourth-order valence-corrected chi connectivity index (χ4v) is 3.69. The van der Waals surface area contributed by atoms with Crippen LogP contribution in [0.15, 0.2) is 36.8 Å². The minimum atomic E-state index is -0.0374. The summed E-state index contributed by atoms with van der Waals surface area (Å²) in [5.74, 6) is 0.783. The van der Waals surface area contributed by atoms with Crippen molar-refractivity contribution < 1.29 is 4.79 Å².